The molecule has 0 aromatic carbocycles. The van der Waals surface area contributed by atoms with Gasteiger partial charge in [0.15, 0.2) is 0 Å². The van der Waals surface area contributed by atoms with Crippen LogP contribution in [-0.2, 0) is 0 Å². The maximum Gasteiger partial charge on any atom is 2.00 e. The maximum atomic E-state index is 8.47. The SMILES string of the molecule is CCCC(C)CO.[Cl-].[Mg+2]. The predicted molar refractivity (Wildman–Crippen MR) is 36.9 cm³/mol. The van der Waals surface area contributed by atoms with Gasteiger partial charge in [-0.1, -0.05) is 20.3 Å². The molecule has 0 radical (unpaired) electrons. The average molecular weight is 162 g/mol. The fourth-order valence-corrected chi connectivity index (χ4v) is 0.584. The molecule has 1 N–H and O–H groups in total. The van der Waals surface area contributed by atoms with Crippen molar-refractivity contribution in [2.24, 2.45) is 5.92 Å². The summed E-state index contributed by atoms with van der Waals surface area (Å²) in [5.74, 6) is 0.505. The first-order valence-electron chi connectivity index (χ1n) is 2.92. The van der Waals surface area contributed by atoms with Gasteiger partial charge in [0.2, 0.25) is 0 Å². The molecule has 0 fully saturated rings. The zero-order valence-corrected chi connectivity index (χ0v) is 8.40. The van der Waals surface area contributed by atoms with E-state index in [2.05, 4.69) is 13.8 Å². The largest absolute Gasteiger partial charge is 2.00 e. The van der Waals surface area contributed by atoms with Gasteiger partial charge >= 0.3 is 23.1 Å². The Hall–Kier alpha value is 1.02. The Morgan fingerprint density at radius 1 is 1.44 bits per heavy atom. The van der Waals surface area contributed by atoms with Crippen molar-refractivity contribution in [3.05, 3.63) is 0 Å². The van der Waals surface area contributed by atoms with Gasteiger partial charge in [-0.2, -0.15) is 0 Å². The standard InChI is InChI=1S/C6H14O.ClH.Mg/c1-3-4-6(2)5-7;;/h6-7H,3-5H2,1-2H3;1H;/q;;+2/p-1. The van der Waals surface area contributed by atoms with E-state index in [4.69, 9.17) is 5.11 Å². The fraction of sp³-hybridized carbons (Fsp3) is 1.00. The third kappa shape index (κ3) is 12.3. The topological polar surface area (TPSA) is 20.2 Å². The second kappa shape index (κ2) is 11.8. The molecule has 0 aromatic heterocycles. The Bertz CT molecular complexity index is 44.0. The fourth-order valence-electron chi connectivity index (χ4n) is 0.584. The molecule has 0 aliphatic carbocycles. The summed E-state index contributed by atoms with van der Waals surface area (Å²) in [4.78, 5) is 0. The van der Waals surface area contributed by atoms with Gasteiger partial charge in [0.1, 0.15) is 0 Å². The molecular formula is C6H14ClMgO+. The van der Waals surface area contributed by atoms with Gasteiger partial charge in [0, 0.05) is 6.61 Å². The molecule has 0 aliphatic heterocycles. The minimum absolute atomic E-state index is 0. The first kappa shape index (κ1) is 16.5. The quantitative estimate of drug-likeness (QED) is 0.477. The van der Waals surface area contributed by atoms with Gasteiger partial charge in [-0.15, -0.1) is 0 Å². The summed E-state index contributed by atoms with van der Waals surface area (Å²) in [6.07, 6.45) is 2.33. The number of halogens is 1. The normalized spacial score (nSPS) is 11.0. The van der Waals surface area contributed by atoms with Crippen LogP contribution in [0.1, 0.15) is 26.7 Å². The van der Waals surface area contributed by atoms with Crippen LogP contribution in [0.25, 0.3) is 0 Å². The molecule has 1 unspecified atom stereocenters. The van der Waals surface area contributed by atoms with Crippen molar-refractivity contribution in [1.29, 1.82) is 0 Å². The van der Waals surface area contributed by atoms with E-state index in [1.807, 2.05) is 0 Å². The number of aliphatic hydroxyl groups excluding tert-OH is 1. The molecule has 0 aromatic rings. The second-order valence-corrected chi connectivity index (χ2v) is 2.08. The number of aliphatic hydroxyl groups is 1. The van der Waals surface area contributed by atoms with E-state index in [-0.39, 0.29) is 35.5 Å². The number of hydrogen-bond acceptors (Lipinski definition) is 1. The summed E-state index contributed by atoms with van der Waals surface area (Å²) >= 11 is 0. The summed E-state index contributed by atoms with van der Waals surface area (Å²) in [6.45, 7) is 4.53. The molecule has 0 aliphatic rings. The van der Waals surface area contributed by atoms with E-state index in [1.165, 1.54) is 6.42 Å². The van der Waals surface area contributed by atoms with E-state index in [0.717, 1.165) is 6.42 Å². The van der Waals surface area contributed by atoms with Crippen molar-refractivity contribution in [3.63, 3.8) is 0 Å². The Kier molecular flexibility index (Phi) is 21.6. The summed E-state index contributed by atoms with van der Waals surface area (Å²) in [5.41, 5.74) is 0. The first-order chi connectivity index (χ1) is 3.31. The van der Waals surface area contributed by atoms with Crippen LogP contribution in [0.4, 0.5) is 0 Å². The first-order valence-corrected chi connectivity index (χ1v) is 2.92. The Labute approximate surface area is 79.8 Å². The molecule has 3 heteroatoms. The van der Waals surface area contributed by atoms with Crippen molar-refractivity contribution in [2.75, 3.05) is 6.61 Å². The Morgan fingerprint density at radius 2 is 1.89 bits per heavy atom. The number of hydrogen-bond donors (Lipinski definition) is 1. The van der Waals surface area contributed by atoms with Crippen molar-refractivity contribution in [1.82, 2.24) is 0 Å². The van der Waals surface area contributed by atoms with Crippen LogP contribution in [-0.4, -0.2) is 34.8 Å². The van der Waals surface area contributed by atoms with Gasteiger partial charge in [0.25, 0.3) is 0 Å². The van der Waals surface area contributed by atoms with Gasteiger partial charge < -0.3 is 17.5 Å². The van der Waals surface area contributed by atoms with E-state index >= 15 is 0 Å². The number of rotatable bonds is 3. The molecule has 0 saturated carbocycles. The molecule has 0 amide bonds. The van der Waals surface area contributed by atoms with Crippen molar-refractivity contribution < 1.29 is 17.5 Å². The molecular weight excluding hydrogens is 148 g/mol. The zero-order chi connectivity index (χ0) is 5.70. The molecule has 1 nitrogen and oxygen atoms in total. The molecule has 0 bridgehead atoms. The van der Waals surface area contributed by atoms with Crippen LogP contribution >= 0.6 is 0 Å². The van der Waals surface area contributed by atoms with Crippen molar-refractivity contribution in [3.8, 4) is 0 Å². The average Bonchev–Trinajstić information content (AvgIpc) is 1.68. The Balaban J connectivity index is -0.000000180. The summed E-state index contributed by atoms with van der Waals surface area (Å²) < 4.78 is 0. The molecule has 0 heterocycles. The van der Waals surface area contributed by atoms with E-state index in [0.29, 0.717) is 12.5 Å². The van der Waals surface area contributed by atoms with Crippen molar-refractivity contribution in [2.45, 2.75) is 26.7 Å². The summed E-state index contributed by atoms with van der Waals surface area (Å²) in [7, 11) is 0. The molecule has 0 rings (SSSR count). The second-order valence-electron chi connectivity index (χ2n) is 2.08. The molecule has 1 atom stereocenters. The van der Waals surface area contributed by atoms with Crippen LogP contribution in [0.5, 0.6) is 0 Å². The van der Waals surface area contributed by atoms with Crippen LogP contribution < -0.4 is 12.4 Å². The third-order valence-corrected chi connectivity index (χ3v) is 1.09. The van der Waals surface area contributed by atoms with E-state index in [9.17, 15) is 0 Å². The smallest absolute Gasteiger partial charge is 1.00 e. The van der Waals surface area contributed by atoms with Gasteiger partial charge in [-0.05, 0) is 12.3 Å². The van der Waals surface area contributed by atoms with Crippen LogP contribution in [0, 0.1) is 5.92 Å². The van der Waals surface area contributed by atoms with Gasteiger partial charge in [-0.3, -0.25) is 0 Å². The van der Waals surface area contributed by atoms with Crippen molar-refractivity contribution >= 4 is 23.1 Å². The summed E-state index contributed by atoms with van der Waals surface area (Å²) in [5, 5.41) is 8.47. The van der Waals surface area contributed by atoms with Crippen LogP contribution in [0.15, 0.2) is 0 Å². The monoisotopic (exact) mass is 161 g/mol. The Morgan fingerprint density at radius 3 is 2.00 bits per heavy atom. The minimum atomic E-state index is 0. The molecule has 9 heavy (non-hydrogen) atoms. The minimum Gasteiger partial charge on any atom is -1.00 e. The van der Waals surface area contributed by atoms with Gasteiger partial charge in [0.05, 0.1) is 0 Å². The van der Waals surface area contributed by atoms with E-state index < -0.39 is 0 Å². The van der Waals surface area contributed by atoms with Crippen LogP contribution in [0.2, 0.25) is 0 Å². The summed E-state index contributed by atoms with van der Waals surface area (Å²) in [6, 6.07) is 0. The van der Waals surface area contributed by atoms with E-state index in [1.54, 1.807) is 0 Å². The predicted octanol–water partition coefficient (Wildman–Crippen LogP) is -1.96. The maximum absolute atomic E-state index is 8.47. The van der Waals surface area contributed by atoms with Gasteiger partial charge in [-0.25, -0.2) is 0 Å². The third-order valence-electron chi connectivity index (χ3n) is 1.09. The molecule has 0 saturated heterocycles. The zero-order valence-electron chi connectivity index (χ0n) is 6.23. The molecule has 52 valence electrons. The van der Waals surface area contributed by atoms with Crippen LogP contribution in [0.3, 0.4) is 0 Å². The molecule has 0 spiro atoms.